The van der Waals surface area contributed by atoms with E-state index in [1.165, 1.54) is 121 Å². The first-order valence-electron chi connectivity index (χ1n) is 20.5. The van der Waals surface area contributed by atoms with E-state index in [2.05, 4.69) is 225 Å². The monoisotopic (exact) mass is 751 g/mol. The highest BCUT2D eigenvalue weighted by Crippen LogP contribution is 2.44. The van der Waals surface area contributed by atoms with Gasteiger partial charge in [0.05, 0.1) is 0 Å². The number of H-pyrrole nitrogens is 1. The Balaban J connectivity index is 0.912. The summed E-state index contributed by atoms with van der Waals surface area (Å²) in [6.45, 7) is 4.33. The molecule has 0 spiro atoms. The van der Waals surface area contributed by atoms with Crippen LogP contribution in [0, 0.1) is 13.8 Å². The molecule has 11 rings (SSSR count). The van der Waals surface area contributed by atoms with E-state index in [-0.39, 0.29) is 0 Å². The molecule has 0 saturated carbocycles. The number of aromatic nitrogens is 1. The predicted molar refractivity (Wildman–Crippen MR) is 253 cm³/mol. The molecule has 1 nitrogen and oxygen atoms in total. The van der Waals surface area contributed by atoms with Crippen LogP contribution in [0.1, 0.15) is 11.1 Å². The fourth-order valence-corrected chi connectivity index (χ4v) is 9.29. The average Bonchev–Trinajstić information content (AvgIpc) is 3.66. The molecule has 0 unspecified atom stereocenters. The van der Waals surface area contributed by atoms with Gasteiger partial charge < -0.3 is 4.98 Å². The normalized spacial score (nSPS) is 11.6. The van der Waals surface area contributed by atoms with Crippen molar-refractivity contribution < 1.29 is 0 Å². The molecule has 1 aromatic heterocycles. The van der Waals surface area contributed by atoms with E-state index in [1.54, 1.807) is 0 Å². The van der Waals surface area contributed by atoms with Gasteiger partial charge in [-0.25, -0.2) is 0 Å². The van der Waals surface area contributed by atoms with Crippen LogP contribution in [0.3, 0.4) is 0 Å². The Hall–Kier alpha value is -7.48. The summed E-state index contributed by atoms with van der Waals surface area (Å²) in [6.07, 6.45) is 0. The summed E-state index contributed by atoms with van der Waals surface area (Å²) in [4.78, 5) is 3.55. The highest BCUT2D eigenvalue weighted by molar-refractivity contribution is 6.21. The lowest BCUT2D eigenvalue weighted by Crippen LogP contribution is -1.91. The van der Waals surface area contributed by atoms with Gasteiger partial charge in [0, 0.05) is 21.8 Å². The number of aryl methyl sites for hydroxylation is 2. The van der Waals surface area contributed by atoms with Gasteiger partial charge in [-0.1, -0.05) is 199 Å². The van der Waals surface area contributed by atoms with Gasteiger partial charge in [-0.05, 0) is 120 Å². The molecule has 0 bridgehead atoms. The van der Waals surface area contributed by atoms with Gasteiger partial charge >= 0.3 is 0 Å². The Morgan fingerprint density at radius 3 is 1.00 bits per heavy atom. The minimum Gasteiger partial charge on any atom is -0.355 e. The van der Waals surface area contributed by atoms with Crippen molar-refractivity contribution in [1.82, 2.24) is 4.98 Å². The molecule has 0 saturated heterocycles. The van der Waals surface area contributed by atoms with Crippen molar-refractivity contribution in [2.75, 3.05) is 0 Å². The molecule has 0 aliphatic heterocycles. The topological polar surface area (TPSA) is 15.8 Å². The van der Waals surface area contributed by atoms with E-state index < -0.39 is 0 Å². The minimum atomic E-state index is 1.17. The largest absolute Gasteiger partial charge is 0.355 e. The quantitative estimate of drug-likeness (QED) is 0.163. The molecule has 1 heterocycles. The van der Waals surface area contributed by atoms with Crippen molar-refractivity contribution in [3.05, 3.63) is 217 Å². The lowest BCUT2D eigenvalue weighted by atomic mass is 9.85. The lowest BCUT2D eigenvalue weighted by Gasteiger charge is -2.18. The van der Waals surface area contributed by atoms with Crippen LogP contribution in [0.5, 0.6) is 0 Å². The van der Waals surface area contributed by atoms with Crippen molar-refractivity contribution in [1.29, 1.82) is 0 Å². The van der Waals surface area contributed by atoms with Crippen molar-refractivity contribution in [3.63, 3.8) is 0 Å². The van der Waals surface area contributed by atoms with Crippen LogP contribution >= 0.6 is 0 Å². The van der Waals surface area contributed by atoms with E-state index in [4.69, 9.17) is 0 Å². The van der Waals surface area contributed by atoms with Crippen LogP contribution in [0.15, 0.2) is 206 Å². The van der Waals surface area contributed by atoms with Gasteiger partial charge in [-0.3, -0.25) is 0 Å². The molecule has 0 fully saturated rings. The Bertz CT molecular complexity index is 3270. The number of para-hydroxylation sites is 1. The van der Waals surface area contributed by atoms with Gasteiger partial charge in [-0.15, -0.1) is 0 Å². The highest BCUT2D eigenvalue weighted by atomic mass is 14.7. The zero-order valence-corrected chi connectivity index (χ0v) is 33.1. The summed E-state index contributed by atoms with van der Waals surface area (Å²) >= 11 is 0. The van der Waals surface area contributed by atoms with Gasteiger partial charge in [0.15, 0.2) is 0 Å². The minimum absolute atomic E-state index is 1.17. The summed E-state index contributed by atoms with van der Waals surface area (Å²) in [5, 5.41) is 7.56. The number of aromatic amines is 1. The third kappa shape index (κ3) is 6.20. The van der Waals surface area contributed by atoms with E-state index in [0.29, 0.717) is 0 Å². The second-order valence-corrected chi connectivity index (χ2v) is 16.0. The van der Waals surface area contributed by atoms with Gasteiger partial charge in [0.1, 0.15) is 0 Å². The average molecular weight is 752 g/mol. The molecule has 0 radical (unpaired) electrons. The van der Waals surface area contributed by atoms with Gasteiger partial charge in [0.2, 0.25) is 0 Å². The van der Waals surface area contributed by atoms with Crippen LogP contribution in [-0.2, 0) is 0 Å². The van der Waals surface area contributed by atoms with Crippen molar-refractivity contribution >= 4 is 43.4 Å². The summed E-state index contributed by atoms with van der Waals surface area (Å²) in [6, 6.07) is 76.0. The number of hydrogen-bond acceptors (Lipinski definition) is 0. The Morgan fingerprint density at radius 2 is 0.559 bits per heavy atom. The summed E-state index contributed by atoms with van der Waals surface area (Å²) in [5.74, 6) is 0. The molecule has 278 valence electrons. The molecule has 0 amide bonds. The van der Waals surface area contributed by atoms with E-state index in [9.17, 15) is 0 Å². The second kappa shape index (κ2) is 14.2. The lowest BCUT2D eigenvalue weighted by molar-refractivity contribution is 1.38. The first kappa shape index (κ1) is 34.7. The van der Waals surface area contributed by atoms with Crippen LogP contribution in [0.2, 0.25) is 0 Å². The van der Waals surface area contributed by atoms with E-state index in [1.807, 2.05) is 0 Å². The van der Waals surface area contributed by atoms with Crippen LogP contribution in [-0.4, -0.2) is 4.98 Å². The predicted octanol–water partition coefficient (Wildman–Crippen LogP) is 16.2. The molecule has 11 aromatic rings. The second-order valence-electron chi connectivity index (χ2n) is 16.0. The first-order chi connectivity index (χ1) is 29.0. The Kier molecular flexibility index (Phi) is 8.34. The van der Waals surface area contributed by atoms with E-state index >= 15 is 0 Å². The molecule has 0 aliphatic carbocycles. The third-order valence-electron chi connectivity index (χ3n) is 12.1. The SMILES string of the molecule is Cc1cc(C)cc(-c2ccc(-c3ccc(-c4c5ccccc5c(-c5ccc(-c6ccc(-c7ccc8[nH]c9ccccc9c8c7)cc6)cc5)c5ccccc45)cc3)cc2)c1. The molecule has 10 aromatic carbocycles. The fourth-order valence-electron chi connectivity index (χ4n) is 9.29. The Morgan fingerprint density at radius 1 is 0.237 bits per heavy atom. The number of nitrogens with one attached hydrogen (secondary N) is 1. The van der Waals surface area contributed by atoms with Crippen molar-refractivity contribution in [2.45, 2.75) is 13.8 Å². The molecule has 0 atom stereocenters. The number of rotatable bonds is 6. The van der Waals surface area contributed by atoms with Crippen LogP contribution in [0.25, 0.3) is 110 Å². The summed E-state index contributed by atoms with van der Waals surface area (Å²) in [5.41, 5.74) is 19.7. The Labute approximate surface area is 344 Å². The number of fused-ring (bicyclic) bond motifs is 5. The third-order valence-corrected chi connectivity index (χ3v) is 12.1. The van der Waals surface area contributed by atoms with Gasteiger partial charge in [0.25, 0.3) is 0 Å². The maximum absolute atomic E-state index is 3.55. The van der Waals surface area contributed by atoms with E-state index in [0.717, 1.165) is 0 Å². The smallest absolute Gasteiger partial charge is 0.0465 e. The van der Waals surface area contributed by atoms with Crippen LogP contribution < -0.4 is 0 Å². The van der Waals surface area contributed by atoms with Crippen molar-refractivity contribution in [3.8, 4) is 66.8 Å². The highest BCUT2D eigenvalue weighted by Gasteiger charge is 2.17. The van der Waals surface area contributed by atoms with Crippen LogP contribution in [0.4, 0.5) is 0 Å². The zero-order valence-electron chi connectivity index (χ0n) is 33.1. The van der Waals surface area contributed by atoms with Crippen molar-refractivity contribution in [2.24, 2.45) is 0 Å². The number of benzene rings is 10. The standard InChI is InChI=1S/C58H41N/c1-37-33-38(2)35-48(34-37)44-21-17-40(18-22-44)42-25-29-46(30-26-42)58-52-12-5-3-10-50(52)57(51-11-4-6-13-53(51)58)45-27-23-41(24-28-45)39-15-19-43(20-16-39)47-31-32-56-54(36-47)49-9-7-8-14-55(49)59-56/h3-36,59H,1-2H3. The summed E-state index contributed by atoms with van der Waals surface area (Å²) < 4.78 is 0. The fraction of sp³-hybridized carbons (Fsp3) is 0.0345. The molecule has 0 aliphatic rings. The number of hydrogen-bond donors (Lipinski definition) is 1. The summed E-state index contributed by atoms with van der Waals surface area (Å²) in [7, 11) is 0. The molecule has 59 heavy (non-hydrogen) atoms. The molecule has 1 heteroatoms. The molecular formula is C58H41N. The van der Waals surface area contributed by atoms with Gasteiger partial charge in [-0.2, -0.15) is 0 Å². The zero-order chi connectivity index (χ0) is 39.5. The maximum atomic E-state index is 3.55. The first-order valence-corrected chi connectivity index (χ1v) is 20.5. The maximum Gasteiger partial charge on any atom is 0.0465 e. The molecular weight excluding hydrogens is 711 g/mol. The molecule has 1 N–H and O–H groups in total.